The van der Waals surface area contributed by atoms with Crippen LogP contribution in [0.4, 0.5) is 17.2 Å². The highest BCUT2D eigenvalue weighted by Crippen LogP contribution is 2.22. The van der Waals surface area contributed by atoms with Gasteiger partial charge < -0.3 is 20.1 Å². The number of ether oxygens (including phenoxy) is 2. The lowest BCUT2D eigenvalue weighted by Gasteiger charge is -2.11. The molecule has 1 amide bonds. The fraction of sp³-hybridized carbons (Fsp3) is 0.136. The molecule has 0 saturated carbocycles. The number of carbonyl (C=O) groups excluding carboxylic acids is 2. The number of hydrogen-bond donors (Lipinski definition) is 2. The van der Waals surface area contributed by atoms with E-state index in [1.165, 1.54) is 0 Å². The second kappa shape index (κ2) is 9.89. The number of esters is 1. The maximum atomic E-state index is 12.4. The Bertz CT molecular complexity index is 959. The van der Waals surface area contributed by atoms with E-state index in [0.717, 1.165) is 11.4 Å². The van der Waals surface area contributed by atoms with Gasteiger partial charge in [0.05, 0.1) is 6.61 Å². The molecule has 0 atom stereocenters. The van der Waals surface area contributed by atoms with Crippen LogP contribution in [0.3, 0.4) is 0 Å². The fourth-order valence-corrected chi connectivity index (χ4v) is 2.53. The van der Waals surface area contributed by atoms with Gasteiger partial charge in [-0.05, 0) is 55.5 Å². The number of rotatable bonds is 8. The zero-order valence-corrected chi connectivity index (χ0v) is 15.9. The van der Waals surface area contributed by atoms with E-state index in [-0.39, 0.29) is 5.56 Å². The summed E-state index contributed by atoms with van der Waals surface area (Å²) in [6.45, 7) is 2.10. The minimum Gasteiger partial charge on any atom is -0.494 e. The van der Waals surface area contributed by atoms with Gasteiger partial charge in [0.1, 0.15) is 17.1 Å². The van der Waals surface area contributed by atoms with Crippen molar-refractivity contribution in [2.75, 3.05) is 23.8 Å². The van der Waals surface area contributed by atoms with Crippen LogP contribution in [0.15, 0.2) is 72.9 Å². The molecule has 0 radical (unpaired) electrons. The Morgan fingerprint density at radius 1 is 0.931 bits per heavy atom. The lowest BCUT2D eigenvalue weighted by atomic mass is 10.2. The summed E-state index contributed by atoms with van der Waals surface area (Å²) < 4.78 is 10.6. The first-order valence-corrected chi connectivity index (χ1v) is 9.12. The third-order valence-electron chi connectivity index (χ3n) is 3.85. The van der Waals surface area contributed by atoms with E-state index in [1.807, 2.05) is 37.3 Å². The average molecular weight is 391 g/mol. The first-order valence-electron chi connectivity index (χ1n) is 9.12. The average Bonchev–Trinajstić information content (AvgIpc) is 2.75. The minimum absolute atomic E-state index is 0.230. The van der Waals surface area contributed by atoms with E-state index in [9.17, 15) is 9.59 Å². The van der Waals surface area contributed by atoms with Crippen molar-refractivity contribution in [3.05, 3.63) is 78.5 Å². The molecule has 3 aromatic rings. The predicted octanol–water partition coefficient (Wildman–Crippen LogP) is 4.02. The van der Waals surface area contributed by atoms with Gasteiger partial charge in [0.15, 0.2) is 6.61 Å². The van der Waals surface area contributed by atoms with Crippen LogP contribution in [0.1, 0.15) is 17.3 Å². The minimum atomic E-state index is -0.644. The molecule has 0 saturated heterocycles. The summed E-state index contributed by atoms with van der Waals surface area (Å²) in [5.74, 6) is 0.0254. The molecule has 2 aromatic carbocycles. The Labute approximate surface area is 168 Å². The molecule has 0 aliphatic rings. The zero-order chi connectivity index (χ0) is 20.5. The summed E-state index contributed by atoms with van der Waals surface area (Å²) >= 11 is 0. The SMILES string of the molecule is CCOc1ccc(Nc2ncccc2C(=O)OCC(=O)Nc2ccccc2)cc1. The predicted molar refractivity (Wildman–Crippen MR) is 110 cm³/mol. The quantitative estimate of drug-likeness (QED) is 0.564. The smallest absolute Gasteiger partial charge is 0.342 e. The largest absolute Gasteiger partial charge is 0.494 e. The first-order chi connectivity index (χ1) is 14.2. The number of nitrogens with zero attached hydrogens (tertiary/aromatic N) is 1. The molecule has 2 N–H and O–H groups in total. The van der Waals surface area contributed by atoms with Gasteiger partial charge >= 0.3 is 5.97 Å². The lowest BCUT2D eigenvalue weighted by molar-refractivity contribution is -0.119. The normalized spacial score (nSPS) is 10.1. The summed E-state index contributed by atoms with van der Waals surface area (Å²) in [5, 5.41) is 5.74. The van der Waals surface area contributed by atoms with Crippen LogP contribution in [0, 0.1) is 0 Å². The number of hydrogen-bond acceptors (Lipinski definition) is 6. The summed E-state index contributed by atoms with van der Waals surface area (Å²) in [7, 11) is 0. The number of pyridine rings is 1. The molecule has 3 rings (SSSR count). The van der Waals surface area contributed by atoms with Crippen molar-refractivity contribution in [3.63, 3.8) is 0 Å². The van der Waals surface area contributed by atoms with Crippen LogP contribution >= 0.6 is 0 Å². The third-order valence-corrected chi connectivity index (χ3v) is 3.85. The summed E-state index contributed by atoms with van der Waals surface area (Å²) in [6.07, 6.45) is 1.57. The molecule has 148 valence electrons. The summed E-state index contributed by atoms with van der Waals surface area (Å²) in [4.78, 5) is 28.6. The first kappa shape index (κ1) is 19.9. The summed E-state index contributed by atoms with van der Waals surface area (Å²) in [5.41, 5.74) is 1.60. The van der Waals surface area contributed by atoms with Crippen molar-refractivity contribution in [2.45, 2.75) is 6.92 Å². The van der Waals surface area contributed by atoms with Gasteiger partial charge in [-0.3, -0.25) is 4.79 Å². The van der Waals surface area contributed by atoms with E-state index >= 15 is 0 Å². The van der Waals surface area contributed by atoms with Crippen LogP contribution in [0.2, 0.25) is 0 Å². The van der Waals surface area contributed by atoms with Gasteiger partial charge in [0, 0.05) is 17.6 Å². The van der Waals surface area contributed by atoms with Gasteiger partial charge in [-0.1, -0.05) is 18.2 Å². The van der Waals surface area contributed by atoms with Crippen molar-refractivity contribution >= 4 is 29.1 Å². The number of anilines is 3. The molecule has 0 bridgehead atoms. The van der Waals surface area contributed by atoms with Crippen LogP contribution in [-0.4, -0.2) is 30.1 Å². The molecule has 0 spiro atoms. The van der Waals surface area contributed by atoms with Crippen molar-refractivity contribution in [1.29, 1.82) is 0 Å². The lowest BCUT2D eigenvalue weighted by Crippen LogP contribution is -2.21. The standard InChI is InChI=1S/C22H21N3O4/c1-2-28-18-12-10-17(11-13-18)25-21-19(9-6-14-23-21)22(27)29-15-20(26)24-16-7-4-3-5-8-16/h3-14H,2,15H2,1H3,(H,23,25)(H,24,26). The molecule has 0 fully saturated rings. The molecular weight excluding hydrogens is 370 g/mol. The molecule has 1 heterocycles. The fourth-order valence-electron chi connectivity index (χ4n) is 2.53. The molecule has 1 aromatic heterocycles. The Morgan fingerprint density at radius 2 is 1.69 bits per heavy atom. The third kappa shape index (κ3) is 5.80. The van der Waals surface area contributed by atoms with Gasteiger partial charge in [-0.15, -0.1) is 0 Å². The monoisotopic (exact) mass is 391 g/mol. The van der Waals surface area contributed by atoms with Crippen LogP contribution in [0.25, 0.3) is 0 Å². The highest BCUT2D eigenvalue weighted by Gasteiger charge is 2.16. The van der Waals surface area contributed by atoms with Crippen molar-refractivity contribution in [1.82, 2.24) is 4.98 Å². The summed E-state index contributed by atoms with van der Waals surface area (Å²) in [6, 6.07) is 19.4. The van der Waals surface area contributed by atoms with E-state index in [1.54, 1.807) is 42.6 Å². The maximum absolute atomic E-state index is 12.4. The molecule has 7 heteroatoms. The van der Waals surface area contributed by atoms with E-state index < -0.39 is 18.5 Å². The molecule has 29 heavy (non-hydrogen) atoms. The Kier molecular flexibility index (Phi) is 6.78. The van der Waals surface area contributed by atoms with E-state index in [2.05, 4.69) is 15.6 Å². The zero-order valence-electron chi connectivity index (χ0n) is 15.9. The highest BCUT2D eigenvalue weighted by atomic mass is 16.5. The van der Waals surface area contributed by atoms with Crippen LogP contribution in [-0.2, 0) is 9.53 Å². The second-order valence-corrected chi connectivity index (χ2v) is 5.97. The number of aromatic nitrogens is 1. The Hall–Kier alpha value is -3.87. The topological polar surface area (TPSA) is 89.6 Å². The number of benzene rings is 2. The Morgan fingerprint density at radius 3 is 2.41 bits per heavy atom. The number of carbonyl (C=O) groups is 2. The van der Waals surface area contributed by atoms with Crippen LogP contribution in [0.5, 0.6) is 5.75 Å². The number of nitrogens with one attached hydrogen (secondary N) is 2. The van der Waals surface area contributed by atoms with Crippen molar-refractivity contribution < 1.29 is 19.1 Å². The molecular formula is C22H21N3O4. The van der Waals surface area contributed by atoms with E-state index in [0.29, 0.717) is 18.1 Å². The van der Waals surface area contributed by atoms with Gasteiger partial charge in [-0.25, -0.2) is 9.78 Å². The van der Waals surface area contributed by atoms with Gasteiger partial charge in [-0.2, -0.15) is 0 Å². The number of para-hydroxylation sites is 1. The van der Waals surface area contributed by atoms with Crippen LogP contribution < -0.4 is 15.4 Å². The highest BCUT2D eigenvalue weighted by molar-refractivity contribution is 5.98. The van der Waals surface area contributed by atoms with Crippen molar-refractivity contribution in [2.24, 2.45) is 0 Å². The Balaban J connectivity index is 1.61. The van der Waals surface area contributed by atoms with Gasteiger partial charge in [0.25, 0.3) is 5.91 Å². The maximum Gasteiger partial charge on any atom is 0.342 e. The number of amides is 1. The van der Waals surface area contributed by atoms with Gasteiger partial charge in [0.2, 0.25) is 0 Å². The van der Waals surface area contributed by atoms with Crippen molar-refractivity contribution in [3.8, 4) is 5.75 Å². The molecule has 7 nitrogen and oxygen atoms in total. The molecule has 0 aliphatic heterocycles. The molecule has 0 aliphatic carbocycles. The molecule has 0 unspecified atom stereocenters. The van der Waals surface area contributed by atoms with E-state index in [4.69, 9.17) is 9.47 Å². The second-order valence-electron chi connectivity index (χ2n) is 5.97.